The smallest absolute Gasteiger partial charge is 0.332 e. The van der Waals surface area contributed by atoms with Gasteiger partial charge in [-0.25, -0.2) is 9.78 Å². The number of anilines is 1. The van der Waals surface area contributed by atoms with E-state index in [1.54, 1.807) is 11.8 Å². The number of hydrogen-bond donors (Lipinski definition) is 3. The maximum atomic E-state index is 13.4. The van der Waals surface area contributed by atoms with Gasteiger partial charge in [0.2, 0.25) is 0 Å². The third-order valence-electron chi connectivity index (χ3n) is 8.31. The fraction of sp³-hybridized carbons (Fsp3) is 0.720. The number of rotatable bonds is 8. The third-order valence-corrected chi connectivity index (χ3v) is 9.50. The van der Waals surface area contributed by atoms with Gasteiger partial charge in [0.05, 0.1) is 5.56 Å². The van der Waals surface area contributed by atoms with Gasteiger partial charge in [-0.1, -0.05) is 6.92 Å². The fourth-order valence-corrected chi connectivity index (χ4v) is 7.80. The zero-order valence-corrected chi connectivity index (χ0v) is 20.1. The molecule has 6 rings (SSSR count). The van der Waals surface area contributed by atoms with Crippen molar-refractivity contribution in [1.29, 1.82) is 0 Å². The van der Waals surface area contributed by atoms with Crippen LogP contribution in [-0.2, 0) is 4.79 Å². The van der Waals surface area contributed by atoms with E-state index in [0.717, 1.165) is 34.9 Å². The number of hydrogen-bond acceptors (Lipinski definition) is 6. The van der Waals surface area contributed by atoms with E-state index in [1.807, 2.05) is 17.0 Å². The molecule has 3 N–H and O–H groups in total. The summed E-state index contributed by atoms with van der Waals surface area (Å²) in [6.45, 7) is 3.22. The van der Waals surface area contributed by atoms with Gasteiger partial charge in [0.25, 0.3) is 5.91 Å². The Balaban J connectivity index is 1.31. The lowest BCUT2D eigenvalue weighted by molar-refractivity contribution is -0.149. The third kappa shape index (κ3) is 4.61. The minimum absolute atomic E-state index is 0.00859. The molecule has 1 amide bonds. The summed E-state index contributed by atoms with van der Waals surface area (Å²) in [6.07, 6.45) is 6.73. The zero-order chi connectivity index (χ0) is 23.1. The van der Waals surface area contributed by atoms with E-state index in [1.165, 1.54) is 32.1 Å². The molecule has 1 aromatic rings. The number of carbonyl (C=O) groups is 2. The Morgan fingerprint density at radius 3 is 2.52 bits per heavy atom. The van der Waals surface area contributed by atoms with Gasteiger partial charge in [-0.05, 0) is 86.5 Å². The summed E-state index contributed by atoms with van der Waals surface area (Å²) in [5.41, 5.74) is 0.646. The average Bonchev–Trinajstić information content (AvgIpc) is 3.29. The second-order valence-electron chi connectivity index (χ2n) is 10.6. The average molecular weight is 474 g/mol. The number of carbonyl (C=O) groups excluding carboxylic acids is 1. The van der Waals surface area contributed by atoms with Crippen molar-refractivity contribution in [2.45, 2.75) is 69.0 Å². The topological polar surface area (TPSA) is 103 Å². The van der Waals surface area contributed by atoms with Gasteiger partial charge in [0.1, 0.15) is 10.8 Å². The number of carboxylic acids is 1. The largest absolute Gasteiger partial charge is 0.479 e. The molecule has 7 nitrogen and oxygen atoms in total. The highest BCUT2D eigenvalue weighted by molar-refractivity contribution is 7.99. The Hall–Kier alpha value is -1.80. The highest BCUT2D eigenvalue weighted by atomic mass is 32.2. The summed E-state index contributed by atoms with van der Waals surface area (Å²) in [5, 5.41) is 23.2. The number of amides is 1. The molecule has 0 spiro atoms. The Kier molecular flexibility index (Phi) is 6.58. The van der Waals surface area contributed by atoms with E-state index < -0.39 is 12.1 Å². The number of aromatic nitrogens is 1. The number of aliphatic hydroxyl groups excluding tert-OH is 1. The maximum Gasteiger partial charge on any atom is 0.332 e. The minimum Gasteiger partial charge on any atom is -0.479 e. The Morgan fingerprint density at radius 1 is 1.18 bits per heavy atom. The summed E-state index contributed by atoms with van der Waals surface area (Å²) in [4.78, 5) is 31.4. The van der Waals surface area contributed by atoms with Crippen molar-refractivity contribution in [2.75, 3.05) is 23.7 Å². The fourth-order valence-electron chi connectivity index (χ4n) is 6.93. The Labute approximate surface area is 199 Å². The predicted molar refractivity (Wildman–Crippen MR) is 128 cm³/mol. The molecule has 5 aliphatic rings. The maximum absolute atomic E-state index is 13.4. The van der Waals surface area contributed by atoms with Crippen LogP contribution < -0.4 is 10.2 Å². The van der Waals surface area contributed by atoms with Crippen LogP contribution in [0.3, 0.4) is 0 Å². The van der Waals surface area contributed by atoms with Gasteiger partial charge in [0, 0.05) is 25.0 Å². The molecule has 2 atom stereocenters. The molecule has 5 fully saturated rings. The van der Waals surface area contributed by atoms with Crippen molar-refractivity contribution in [3.05, 3.63) is 17.7 Å². The summed E-state index contributed by atoms with van der Waals surface area (Å²) in [7, 11) is 0. The second kappa shape index (κ2) is 9.45. The summed E-state index contributed by atoms with van der Waals surface area (Å²) in [5.74, 6) is 3.15. The van der Waals surface area contributed by atoms with Crippen LogP contribution in [0.2, 0.25) is 0 Å². The van der Waals surface area contributed by atoms with Crippen molar-refractivity contribution >= 4 is 29.5 Å². The lowest BCUT2D eigenvalue weighted by atomic mass is 9.54. The number of nitrogens with zero attached hydrogens (tertiary/aromatic N) is 2. The number of thioether (sulfide) groups is 1. The highest BCUT2D eigenvalue weighted by Crippen LogP contribution is 2.53. The molecule has 1 unspecified atom stereocenters. The molecule has 2 heterocycles. The van der Waals surface area contributed by atoms with Crippen LogP contribution in [-0.4, -0.2) is 58.1 Å². The molecule has 4 saturated carbocycles. The van der Waals surface area contributed by atoms with Crippen LogP contribution in [0.5, 0.6) is 0 Å². The van der Waals surface area contributed by atoms with Crippen LogP contribution in [0.25, 0.3) is 0 Å². The summed E-state index contributed by atoms with van der Waals surface area (Å²) < 4.78 is 0. The summed E-state index contributed by atoms with van der Waals surface area (Å²) >= 11 is 1.61. The first-order chi connectivity index (χ1) is 15.9. The number of carboxylic acid groups (broad SMARTS) is 1. The monoisotopic (exact) mass is 473 g/mol. The van der Waals surface area contributed by atoms with E-state index in [0.29, 0.717) is 43.0 Å². The van der Waals surface area contributed by atoms with Crippen LogP contribution >= 0.6 is 11.8 Å². The molecule has 4 bridgehead atoms. The Bertz CT molecular complexity index is 882. The van der Waals surface area contributed by atoms with Crippen LogP contribution in [0, 0.1) is 29.6 Å². The molecular weight excluding hydrogens is 438 g/mol. The van der Waals surface area contributed by atoms with Gasteiger partial charge in [0.15, 0.2) is 6.10 Å². The first-order valence-corrected chi connectivity index (χ1v) is 13.5. The standard InChI is InChI=1S/C25H35N3O4S/c1-2-7-33-24-19(3-4-20(26-24)28-6-5-16(13-28)22(29)25(31)32)23(30)27-21-17-9-14-8-15(11-17)12-18(21)10-14/h3-4,14-18,21-22,29H,2,5-13H2,1H3,(H,27,30)(H,31,32)/t14?,15?,16-,17?,18?,21?,22?/m0/s1. The van der Waals surface area contributed by atoms with Crippen molar-refractivity contribution in [1.82, 2.24) is 10.3 Å². The number of nitrogens with one attached hydrogen (secondary N) is 1. The van der Waals surface area contributed by atoms with E-state index in [-0.39, 0.29) is 11.8 Å². The molecule has 33 heavy (non-hydrogen) atoms. The lowest BCUT2D eigenvalue weighted by Crippen LogP contribution is -2.55. The number of pyridine rings is 1. The van der Waals surface area contributed by atoms with Crippen molar-refractivity contribution in [3.63, 3.8) is 0 Å². The van der Waals surface area contributed by atoms with Gasteiger partial charge >= 0.3 is 5.97 Å². The number of aliphatic hydroxyl groups is 1. The van der Waals surface area contributed by atoms with Gasteiger partial charge in [-0.3, -0.25) is 4.79 Å². The zero-order valence-electron chi connectivity index (χ0n) is 19.3. The van der Waals surface area contributed by atoms with Gasteiger partial charge in [-0.2, -0.15) is 0 Å². The first-order valence-electron chi connectivity index (χ1n) is 12.5. The molecule has 8 heteroatoms. The van der Waals surface area contributed by atoms with Crippen LogP contribution in [0.1, 0.15) is 62.2 Å². The molecular formula is C25H35N3O4S. The van der Waals surface area contributed by atoms with Crippen molar-refractivity contribution in [2.24, 2.45) is 29.6 Å². The quantitative estimate of drug-likeness (QED) is 0.497. The van der Waals surface area contributed by atoms with Crippen molar-refractivity contribution in [3.8, 4) is 0 Å². The van der Waals surface area contributed by atoms with Gasteiger partial charge < -0.3 is 20.4 Å². The van der Waals surface area contributed by atoms with E-state index in [9.17, 15) is 14.7 Å². The van der Waals surface area contributed by atoms with E-state index in [2.05, 4.69) is 12.2 Å². The molecule has 1 aliphatic heterocycles. The van der Waals surface area contributed by atoms with E-state index in [4.69, 9.17) is 10.1 Å². The molecule has 1 aromatic heterocycles. The molecule has 0 radical (unpaired) electrons. The molecule has 0 aromatic carbocycles. The minimum atomic E-state index is -1.35. The van der Waals surface area contributed by atoms with Gasteiger partial charge in [-0.15, -0.1) is 11.8 Å². The number of aliphatic carboxylic acids is 1. The molecule has 1 saturated heterocycles. The summed E-state index contributed by atoms with van der Waals surface area (Å²) in [6, 6.07) is 4.05. The SMILES string of the molecule is CCCSc1nc(N2CC[C@H](C(O)C(=O)O)C2)ccc1C(=O)NC1C2CC3CC(C2)CC1C3. The lowest BCUT2D eigenvalue weighted by Gasteiger charge is -2.54. The Morgan fingerprint density at radius 2 is 1.88 bits per heavy atom. The van der Waals surface area contributed by atoms with E-state index >= 15 is 0 Å². The van der Waals surface area contributed by atoms with Crippen LogP contribution in [0.4, 0.5) is 5.82 Å². The highest BCUT2D eigenvalue weighted by Gasteiger charge is 2.48. The second-order valence-corrected chi connectivity index (χ2v) is 11.7. The predicted octanol–water partition coefficient (Wildman–Crippen LogP) is 3.41. The first kappa shape index (κ1) is 23.0. The molecule has 4 aliphatic carbocycles. The molecule has 180 valence electrons. The van der Waals surface area contributed by atoms with Crippen LogP contribution in [0.15, 0.2) is 17.2 Å². The normalized spacial score (nSPS) is 33.3. The van der Waals surface area contributed by atoms with Crippen molar-refractivity contribution < 1.29 is 19.8 Å².